The quantitative estimate of drug-likeness (QED) is 0.653. The van der Waals surface area contributed by atoms with Crippen LogP contribution in [0.2, 0.25) is 0 Å². The molecule has 6 atom stereocenters. The van der Waals surface area contributed by atoms with Crippen molar-refractivity contribution in [3.63, 3.8) is 0 Å². The first-order chi connectivity index (χ1) is 11.1. The molecule has 4 aliphatic carbocycles. The number of aliphatic hydroxyl groups excluding tert-OH is 1. The first kappa shape index (κ1) is 15.9. The summed E-state index contributed by atoms with van der Waals surface area (Å²) in [5.41, 5.74) is 3.95. The Morgan fingerprint density at radius 1 is 1.13 bits per heavy atom. The van der Waals surface area contributed by atoms with Crippen molar-refractivity contribution < 1.29 is 5.11 Å². The summed E-state index contributed by atoms with van der Waals surface area (Å²) in [5, 5.41) is 9.97. The van der Waals surface area contributed by atoms with Gasteiger partial charge in [0.2, 0.25) is 0 Å². The first-order valence-electron chi connectivity index (χ1n) is 10.2. The maximum atomic E-state index is 9.97. The summed E-state index contributed by atoms with van der Waals surface area (Å²) < 4.78 is 0. The third-order valence-electron chi connectivity index (χ3n) is 7.96. The van der Waals surface area contributed by atoms with E-state index in [2.05, 4.69) is 26.0 Å². The van der Waals surface area contributed by atoms with Crippen LogP contribution in [0.25, 0.3) is 0 Å². The fourth-order valence-electron chi connectivity index (χ4n) is 6.81. The van der Waals surface area contributed by atoms with E-state index in [1.54, 1.807) is 5.57 Å². The molecule has 23 heavy (non-hydrogen) atoms. The lowest BCUT2D eigenvalue weighted by molar-refractivity contribution is 0.00822. The fourth-order valence-corrected chi connectivity index (χ4v) is 6.81. The highest BCUT2D eigenvalue weighted by Crippen LogP contribution is 2.63. The number of unbranched alkanes of at least 4 members (excludes halogenated alkanes) is 1. The lowest BCUT2D eigenvalue weighted by Crippen LogP contribution is -2.45. The Bertz CT molecular complexity index is 516. The predicted octanol–water partition coefficient (Wildman–Crippen LogP) is 5.65. The molecule has 0 heterocycles. The van der Waals surface area contributed by atoms with Crippen molar-refractivity contribution in [3.05, 3.63) is 23.3 Å². The molecule has 6 unspecified atom stereocenters. The monoisotopic (exact) mass is 314 g/mol. The third kappa shape index (κ3) is 2.54. The van der Waals surface area contributed by atoms with Crippen molar-refractivity contribution in [1.29, 1.82) is 0 Å². The van der Waals surface area contributed by atoms with Crippen molar-refractivity contribution in [2.24, 2.45) is 29.1 Å². The molecule has 0 bridgehead atoms. The van der Waals surface area contributed by atoms with E-state index in [0.717, 1.165) is 30.1 Å². The molecular weight excluding hydrogens is 280 g/mol. The van der Waals surface area contributed by atoms with Gasteiger partial charge in [0.1, 0.15) is 0 Å². The van der Waals surface area contributed by atoms with Gasteiger partial charge in [-0.05, 0) is 86.9 Å². The second-order valence-corrected chi connectivity index (χ2v) is 8.98. The Kier molecular flexibility index (Phi) is 4.20. The van der Waals surface area contributed by atoms with Crippen LogP contribution in [0.3, 0.4) is 0 Å². The van der Waals surface area contributed by atoms with Crippen LogP contribution in [0.5, 0.6) is 0 Å². The van der Waals surface area contributed by atoms with E-state index in [-0.39, 0.29) is 6.10 Å². The van der Waals surface area contributed by atoms with Crippen LogP contribution in [0.15, 0.2) is 23.3 Å². The van der Waals surface area contributed by atoms with Crippen molar-refractivity contribution in [3.8, 4) is 0 Å². The molecule has 0 saturated heterocycles. The van der Waals surface area contributed by atoms with Crippen molar-refractivity contribution in [2.45, 2.75) is 84.2 Å². The summed E-state index contributed by atoms with van der Waals surface area (Å²) in [4.78, 5) is 0. The zero-order chi connectivity index (χ0) is 16.0. The van der Waals surface area contributed by atoms with Crippen LogP contribution in [0.4, 0.5) is 0 Å². The van der Waals surface area contributed by atoms with Gasteiger partial charge in [-0.15, -0.1) is 0 Å². The van der Waals surface area contributed by atoms with Crippen LogP contribution >= 0.6 is 0 Å². The summed E-state index contributed by atoms with van der Waals surface area (Å²) in [7, 11) is 0. The van der Waals surface area contributed by atoms with Crippen LogP contribution in [-0.2, 0) is 0 Å². The second kappa shape index (κ2) is 6.06. The summed E-state index contributed by atoms with van der Waals surface area (Å²) in [5.74, 6) is 3.63. The second-order valence-electron chi connectivity index (χ2n) is 8.98. The molecule has 0 spiro atoms. The van der Waals surface area contributed by atoms with Gasteiger partial charge in [0.15, 0.2) is 0 Å². The lowest BCUT2D eigenvalue weighted by atomic mass is 9.52. The van der Waals surface area contributed by atoms with E-state index in [1.807, 2.05) is 5.57 Å². The number of rotatable bonds is 2. The Balaban J connectivity index is 1.57. The van der Waals surface area contributed by atoms with E-state index >= 15 is 0 Å². The van der Waals surface area contributed by atoms with Gasteiger partial charge in [-0.3, -0.25) is 0 Å². The highest BCUT2D eigenvalue weighted by atomic mass is 16.3. The average molecular weight is 315 g/mol. The Morgan fingerprint density at radius 3 is 2.83 bits per heavy atom. The van der Waals surface area contributed by atoms with Crippen molar-refractivity contribution in [2.75, 3.05) is 0 Å². The Hall–Kier alpha value is -0.560. The molecule has 0 aliphatic heterocycles. The van der Waals surface area contributed by atoms with Gasteiger partial charge in [-0.1, -0.05) is 43.6 Å². The molecule has 0 aromatic heterocycles. The molecule has 3 fully saturated rings. The van der Waals surface area contributed by atoms with Gasteiger partial charge in [-0.25, -0.2) is 0 Å². The minimum atomic E-state index is -0.151. The molecule has 1 nitrogen and oxygen atoms in total. The van der Waals surface area contributed by atoms with Gasteiger partial charge < -0.3 is 5.11 Å². The summed E-state index contributed by atoms with van der Waals surface area (Å²) >= 11 is 0. The minimum Gasteiger partial charge on any atom is -0.389 e. The molecule has 128 valence electrons. The Labute approximate surface area is 142 Å². The number of hydrogen-bond donors (Lipinski definition) is 1. The predicted molar refractivity (Wildman–Crippen MR) is 96.1 cm³/mol. The number of allylic oxidation sites excluding steroid dienone is 3. The standard InChI is InChI=1S/C22H34O/c1-3-4-5-16-7-11-21-20-9-6-15-14-17(23)8-10-18(15)19(20)12-13-22(16,21)2/h5,14,17-21,23H,3-4,6-13H2,1-2H3/b16-5-. The maximum absolute atomic E-state index is 9.97. The largest absolute Gasteiger partial charge is 0.389 e. The molecule has 4 aliphatic rings. The smallest absolute Gasteiger partial charge is 0.0723 e. The van der Waals surface area contributed by atoms with Gasteiger partial charge in [0.05, 0.1) is 6.10 Å². The summed E-state index contributed by atoms with van der Waals surface area (Å²) in [6.07, 6.45) is 17.8. The van der Waals surface area contributed by atoms with E-state index < -0.39 is 0 Å². The van der Waals surface area contributed by atoms with Crippen molar-refractivity contribution in [1.82, 2.24) is 0 Å². The maximum Gasteiger partial charge on any atom is 0.0723 e. The molecule has 0 amide bonds. The first-order valence-corrected chi connectivity index (χ1v) is 10.2. The molecule has 1 heteroatoms. The molecule has 4 rings (SSSR count). The highest BCUT2D eigenvalue weighted by molar-refractivity contribution is 5.26. The average Bonchev–Trinajstić information content (AvgIpc) is 2.89. The molecule has 1 N–H and O–H groups in total. The van der Waals surface area contributed by atoms with Crippen LogP contribution < -0.4 is 0 Å². The minimum absolute atomic E-state index is 0.151. The fraction of sp³-hybridized carbons (Fsp3) is 0.818. The van der Waals surface area contributed by atoms with Crippen molar-refractivity contribution >= 4 is 0 Å². The van der Waals surface area contributed by atoms with E-state index in [9.17, 15) is 5.11 Å². The number of fused-ring (bicyclic) bond motifs is 5. The normalized spacial score (nSPS) is 47.7. The molecule has 0 radical (unpaired) electrons. The number of hydrogen-bond acceptors (Lipinski definition) is 1. The SMILES string of the molecule is CCC/C=C1/CCC2C3CCC4=CC(O)CCC4C3CCC12C. The molecule has 3 saturated carbocycles. The van der Waals surface area contributed by atoms with Crippen LogP contribution in [0, 0.1) is 29.1 Å². The molecule has 0 aromatic rings. The topological polar surface area (TPSA) is 20.2 Å². The number of aliphatic hydroxyl groups is 1. The molecular formula is C22H34O. The zero-order valence-corrected chi connectivity index (χ0v) is 15.1. The van der Waals surface area contributed by atoms with Crippen LogP contribution in [-0.4, -0.2) is 11.2 Å². The van der Waals surface area contributed by atoms with Gasteiger partial charge in [0, 0.05) is 0 Å². The third-order valence-corrected chi connectivity index (χ3v) is 7.96. The van der Waals surface area contributed by atoms with Gasteiger partial charge >= 0.3 is 0 Å². The van der Waals surface area contributed by atoms with Gasteiger partial charge in [0.25, 0.3) is 0 Å². The Morgan fingerprint density at radius 2 is 2.00 bits per heavy atom. The highest BCUT2D eigenvalue weighted by Gasteiger charge is 2.54. The van der Waals surface area contributed by atoms with Crippen LogP contribution in [0.1, 0.15) is 78.1 Å². The zero-order valence-electron chi connectivity index (χ0n) is 15.1. The van der Waals surface area contributed by atoms with Gasteiger partial charge in [-0.2, -0.15) is 0 Å². The van der Waals surface area contributed by atoms with E-state index in [1.165, 1.54) is 57.8 Å². The summed E-state index contributed by atoms with van der Waals surface area (Å²) in [6, 6.07) is 0. The molecule has 0 aromatic carbocycles. The lowest BCUT2D eigenvalue weighted by Gasteiger charge is -2.53. The van der Waals surface area contributed by atoms with E-state index in [4.69, 9.17) is 0 Å². The van der Waals surface area contributed by atoms with E-state index in [0.29, 0.717) is 5.41 Å². The summed E-state index contributed by atoms with van der Waals surface area (Å²) in [6.45, 7) is 4.90.